The van der Waals surface area contributed by atoms with Gasteiger partial charge in [-0.05, 0) is 32.9 Å². The fourth-order valence-electron chi connectivity index (χ4n) is 3.07. The van der Waals surface area contributed by atoms with E-state index < -0.39 is 15.6 Å². The lowest BCUT2D eigenvalue weighted by molar-refractivity contribution is -0.116. The summed E-state index contributed by atoms with van der Waals surface area (Å²) in [7, 11) is -3.39. The van der Waals surface area contributed by atoms with E-state index >= 15 is 0 Å². The Labute approximate surface area is 156 Å². The van der Waals surface area contributed by atoms with Crippen molar-refractivity contribution in [3.05, 3.63) is 24.3 Å². The number of rotatable bonds is 6. The summed E-state index contributed by atoms with van der Waals surface area (Å²) >= 11 is 0. The minimum atomic E-state index is -3.39. The average Bonchev–Trinajstić information content (AvgIpc) is 2.53. The summed E-state index contributed by atoms with van der Waals surface area (Å²) in [5.74, 6) is -0.205. The van der Waals surface area contributed by atoms with Crippen LogP contribution in [0.15, 0.2) is 24.3 Å². The van der Waals surface area contributed by atoms with Gasteiger partial charge >= 0.3 is 0 Å². The number of amides is 1. The minimum absolute atomic E-state index is 0.0990. The van der Waals surface area contributed by atoms with Gasteiger partial charge in [0.15, 0.2) is 0 Å². The van der Waals surface area contributed by atoms with Crippen molar-refractivity contribution in [3.8, 4) is 0 Å². The number of carbonyl (C=O) groups excluding carboxylic acids is 1. The number of nitrogens with zero attached hydrogens (tertiary/aromatic N) is 2. The second-order valence-corrected chi connectivity index (χ2v) is 9.33. The van der Waals surface area contributed by atoms with Crippen LogP contribution in [0.25, 0.3) is 0 Å². The van der Waals surface area contributed by atoms with Crippen LogP contribution < -0.4 is 10.2 Å². The van der Waals surface area contributed by atoms with Crippen molar-refractivity contribution in [2.45, 2.75) is 32.7 Å². The molecule has 1 aromatic rings. The number of hydrogen-bond acceptors (Lipinski definition) is 5. The summed E-state index contributed by atoms with van der Waals surface area (Å²) in [5, 5.41) is 2.92. The highest BCUT2D eigenvalue weighted by atomic mass is 32.2. The van der Waals surface area contributed by atoms with Crippen LogP contribution in [0.5, 0.6) is 0 Å². The molecule has 0 aromatic heterocycles. The molecule has 0 spiro atoms. The number of sulfonamides is 1. The second-order valence-electron chi connectivity index (χ2n) is 7.42. The van der Waals surface area contributed by atoms with Gasteiger partial charge in [-0.25, -0.2) is 8.42 Å². The van der Waals surface area contributed by atoms with Crippen LogP contribution in [0, 0.1) is 0 Å². The monoisotopic (exact) mass is 383 g/mol. The third-order valence-electron chi connectivity index (χ3n) is 4.22. The van der Waals surface area contributed by atoms with Crippen LogP contribution in [-0.2, 0) is 19.6 Å². The number of para-hydroxylation sites is 2. The predicted octanol–water partition coefficient (Wildman–Crippen LogP) is 1.91. The van der Waals surface area contributed by atoms with Gasteiger partial charge in [0.1, 0.15) is 0 Å². The molecule has 2 rings (SSSR count). The van der Waals surface area contributed by atoms with E-state index in [-0.39, 0.29) is 18.9 Å². The zero-order valence-corrected chi connectivity index (χ0v) is 16.8. The molecule has 0 radical (unpaired) electrons. The first-order valence-electron chi connectivity index (χ1n) is 8.78. The highest BCUT2D eigenvalue weighted by molar-refractivity contribution is 7.88. The summed E-state index contributed by atoms with van der Waals surface area (Å²) in [5.41, 5.74) is 1.13. The van der Waals surface area contributed by atoms with Gasteiger partial charge in [0.2, 0.25) is 15.9 Å². The molecule has 8 heteroatoms. The van der Waals surface area contributed by atoms with Crippen molar-refractivity contribution < 1.29 is 17.9 Å². The summed E-state index contributed by atoms with van der Waals surface area (Å²) in [6.45, 7) is 8.48. The third kappa shape index (κ3) is 5.69. The molecule has 1 N–H and O–H groups in total. The maximum atomic E-state index is 12.4. The van der Waals surface area contributed by atoms with Crippen molar-refractivity contribution >= 4 is 27.3 Å². The van der Waals surface area contributed by atoms with Gasteiger partial charge in [-0.15, -0.1) is 0 Å². The molecule has 0 saturated carbocycles. The number of anilines is 2. The molecule has 1 aliphatic rings. The van der Waals surface area contributed by atoms with E-state index in [9.17, 15) is 13.2 Å². The molecule has 1 aromatic carbocycles. The molecule has 0 bridgehead atoms. The smallest absolute Gasteiger partial charge is 0.225 e. The molecule has 0 aliphatic carbocycles. The zero-order valence-electron chi connectivity index (χ0n) is 16.0. The molecular weight excluding hydrogens is 354 g/mol. The molecule has 1 heterocycles. The van der Waals surface area contributed by atoms with Crippen LogP contribution >= 0.6 is 0 Å². The number of carbonyl (C=O) groups is 1. The molecule has 1 saturated heterocycles. The van der Waals surface area contributed by atoms with E-state index in [2.05, 4.69) is 10.2 Å². The van der Waals surface area contributed by atoms with Crippen LogP contribution in [-0.4, -0.2) is 63.3 Å². The summed E-state index contributed by atoms with van der Waals surface area (Å²) in [6.07, 6.45) is 1.27. The van der Waals surface area contributed by atoms with Crippen molar-refractivity contribution in [1.29, 1.82) is 0 Å². The lowest BCUT2D eigenvalue weighted by Crippen LogP contribution is -2.46. The van der Waals surface area contributed by atoms with Crippen LogP contribution in [0.4, 0.5) is 11.4 Å². The molecule has 0 atom stereocenters. The molecule has 1 aliphatic heterocycles. The Balaban J connectivity index is 2.04. The van der Waals surface area contributed by atoms with Gasteiger partial charge in [-0.1, -0.05) is 12.1 Å². The normalized spacial score (nSPS) is 16.0. The number of hydrogen-bond donors (Lipinski definition) is 1. The molecule has 1 fully saturated rings. The quantitative estimate of drug-likeness (QED) is 0.812. The van der Waals surface area contributed by atoms with Gasteiger partial charge < -0.3 is 15.0 Å². The Morgan fingerprint density at radius 3 is 2.42 bits per heavy atom. The summed E-state index contributed by atoms with van der Waals surface area (Å²) < 4.78 is 30.7. The van der Waals surface area contributed by atoms with E-state index in [1.54, 1.807) is 0 Å². The van der Waals surface area contributed by atoms with E-state index in [0.29, 0.717) is 13.2 Å². The van der Waals surface area contributed by atoms with Gasteiger partial charge in [0, 0.05) is 31.6 Å². The maximum Gasteiger partial charge on any atom is 0.225 e. The first-order valence-corrected chi connectivity index (χ1v) is 10.6. The Bertz CT molecular complexity index is 722. The minimum Gasteiger partial charge on any atom is -0.378 e. The van der Waals surface area contributed by atoms with Crippen LogP contribution in [0.1, 0.15) is 27.2 Å². The largest absolute Gasteiger partial charge is 0.378 e. The van der Waals surface area contributed by atoms with Crippen molar-refractivity contribution in [1.82, 2.24) is 4.31 Å². The van der Waals surface area contributed by atoms with E-state index in [0.717, 1.165) is 24.5 Å². The van der Waals surface area contributed by atoms with Gasteiger partial charge in [-0.2, -0.15) is 4.31 Å². The van der Waals surface area contributed by atoms with E-state index in [1.807, 2.05) is 45.0 Å². The highest BCUT2D eigenvalue weighted by Crippen LogP contribution is 2.26. The molecular formula is C18H29N3O4S. The Morgan fingerprint density at radius 2 is 1.85 bits per heavy atom. The fourth-order valence-corrected chi connectivity index (χ4v) is 4.49. The number of nitrogens with one attached hydrogen (secondary N) is 1. The Morgan fingerprint density at radius 1 is 1.23 bits per heavy atom. The van der Waals surface area contributed by atoms with E-state index in [1.165, 1.54) is 10.6 Å². The lowest BCUT2D eigenvalue weighted by atomic mass is 10.1. The molecule has 146 valence electrons. The van der Waals surface area contributed by atoms with Crippen molar-refractivity contribution in [2.24, 2.45) is 0 Å². The first-order chi connectivity index (χ1) is 12.1. The second kappa shape index (κ2) is 8.37. The van der Waals surface area contributed by atoms with Gasteiger partial charge in [0.25, 0.3) is 0 Å². The van der Waals surface area contributed by atoms with E-state index in [4.69, 9.17) is 4.74 Å². The molecule has 1 amide bonds. The van der Waals surface area contributed by atoms with Crippen molar-refractivity contribution in [2.75, 3.05) is 49.3 Å². The third-order valence-corrected chi connectivity index (χ3v) is 5.75. The first kappa shape index (κ1) is 20.7. The van der Waals surface area contributed by atoms with Gasteiger partial charge in [0.05, 0.1) is 30.8 Å². The fraction of sp³-hybridized carbons (Fsp3) is 0.611. The summed E-state index contributed by atoms with van der Waals surface area (Å²) in [6, 6.07) is 7.64. The molecule has 7 nitrogen and oxygen atoms in total. The Kier molecular flexibility index (Phi) is 6.65. The standard InChI is InChI=1S/C18H29N3O4S/c1-18(2,3)21(26(4,23)24)10-9-17(22)19-15-7-5-6-8-16(15)20-11-13-25-14-12-20/h5-8H,9-14H2,1-4H3,(H,19,22). The maximum absolute atomic E-state index is 12.4. The van der Waals surface area contributed by atoms with Crippen LogP contribution in [0.3, 0.4) is 0 Å². The predicted molar refractivity (Wildman–Crippen MR) is 104 cm³/mol. The van der Waals surface area contributed by atoms with Gasteiger partial charge in [-0.3, -0.25) is 4.79 Å². The lowest BCUT2D eigenvalue weighted by Gasteiger charge is -2.33. The topological polar surface area (TPSA) is 79.0 Å². The Hall–Kier alpha value is -1.64. The zero-order chi connectivity index (χ0) is 19.4. The number of morpholine rings is 1. The molecule has 26 heavy (non-hydrogen) atoms. The highest BCUT2D eigenvalue weighted by Gasteiger charge is 2.29. The number of ether oxygens (including phenoxy) is 1. The summed E-state index contributed by atoms with van der Waals surface area (Å²) in [4.78, 5) is 14.6. The average molecular weight is 384 g/mol. The van der Waals surface area contributed by atoms with Crippen molar-refractivity contribution in [3.63, 3.8) is 0 Å². The molecule has 0 unspecified atom stereocenters. The number of benzene rings is 1. The van der Waals surface area contributed by atoms with Crippen LogP contribution in [0.2, 0.25) is 0 Å². The SMILES string of the molecule is CC(C)(C)N(CCC(=O)Nc1ccccc1N1CCOCC1)S(C)(=O)=O.